The van der Waals surface area contributed by atoms with Gasteiger partial charge in [0.1, 0.15) is 0 Å². The smallest absolute Gasteiger partial charge is 0.258 e. The summed E-state index contributed by atoms with van der Waals surface area (Å²) < 4.78 is 1.57. The molecule has 3 heterocycles. The Morgan fingerprint density at radius 3 is 2.69 bits per heavy atom. The van der Waals surface area contributed by atoms with Crippen LogP contribution in [0.2, 0.25) is 5.02 Å². The van der Waals surface area contributed by atoms with Gasteiger partial charge >= 0.3 is 0 Å². The molecule has 0 atom stereocenters. The number of fused-ring (bicyclic) bond motifs is 1. The minimum absolute atomic E-state index is 0.0442. The fraction of sp³-hybridized carbons (Fsp3) is 0.381. The van der Waals surface area contributed by atoms with Gasteiger partial charge in [-0.3, -0.25) is 18.9 Å². The van der Waals surface area contributed by atoms with Gasteiger partial charge in [-0.2, -0.15) is 0 Å². The molecule has 1 aliphatic carbocycles. The molecular formula is C21H21ClN4O2S. The van der Waals surface area contributed by atoms with E-state index in [1.807, 2.05) is 34.5 Å². The first kappa shape index (κ1) is 18.8. The van der Waals surface area contributed by atoms with Crippen LogP contribution in [-0.2, 0) is 16.8 Å². The van der Waals surface area contributed by atoms with Crippen molar-refractivity contribution in [1.82, 2.24) is 19.2 Å². The Bertz CT molecular complexity index is 1130. The number of carbonyl (C=O) groups is 1. The van der Waals surface area contributed by atoms with Crippen LogP contribution in [-0.4, -0.2) is 51.3 Å². The third-order valence-electron chi connectivity index (χ3n) is 5.94. The SMILES string of the molecule is O=C(N1CCN(Cc2cc(=O)n3ccsc3n2)CC1)C1(c2cccc(Cl)c2)CC1. The number of hydrogen-bond donors (Lipinski definition) is 0. The quantitative estimate of drug-likeness (QED) is 0.641. The first-order valence-corrected chi connectivity index (χ1v) is 11.0. The minimum atomic E-state index is -0.381. The van der Waals surface area contributed by atoms with Gasteiger partial charge in [0.25, 0.3) is 5.56 Å². The molecule has 1 saturated heterocycles. The molecule has 0 N–H and O–H groups in total. The highest BCUT2D eigenvalue weighted by Crippen LogP contribution is 2.50. The van der Waals surface area contributed by atoms with Crippen LogP contribution in [0.5, 0.6) is 0 Å². The van der Waals surface area contributed by atoms with Crippen molar-refractivity contribution in [3.8, 4) is 0 Å². The Balaban J connectivity index is 1.24. The summed E-state index contributed by atoms with van der Waals surface area (Å²) in [6, 6.07) is 9.31. The molecule has 1 aliphatic heterocycles. The number of benzene rings is 1. The fourth-order valence-electron chi connectivity index (χ4n) is 4.15. The van der Waals surface area contributed by atoms with E-state index in [1.54, 1.807) is 16.7 Å². The van der Waals surface area contributed by atoms with Gasteiger partial charge in [0.15, 0.2) is 4.96 Å². The summed E-state index contributed by atoms with van der Waals surface area (Å²) in [7, 11) is 0. The van der Waals surface area contributed by atoms with Gasteiger partial charge in [0.2, 0.25) is 5.91 Å². The van der Waals surface area contributed by atoms with Crippen LogP contribution >= 0.6 is 22.9 Å². The molecule has 1 amide bonds. The summed E-state index contributed by atoms with van der Waals surface area (Å²) in [6.07, 6.45) is 3.53. The van der Waals surface area contributed by atoms with Crippen molar-refractivity contribution >= 4 is 33.8 Å². The van der Waals surface area contributed by atoms with Crippen molar-refractivity contribution in [1.29, 1.82) is 0 Å². The van der Waals surface area contributed by atoms with Crippen LogP contribution in [0, 0.1) is 0 Å². The van der Waals surface area contributed by atoms with Gasteiger partial charge in [-0.15, -0.1) is 11.3 Å². The number of rotatable bonds is 4. The normalized spacial score (nSPS) is 18.9. The highest BCUT2D eigenvalue weighted by atomic mass is 35.5. The molecule has 5 rings (SSSR count). The Hall–Kier alpha value is -2.22. The number of amides is 1. The summed E-state index contributed by atoms with van der Waals surface area (Å²) in [4.78, 5) is 34.9. The lowest BCUT2D eigenvalue weighted by molar-refractivity contribution is -0.135. The molecule has 29 heavy (non-hydrogen) atoms. The van der Waals surface area contributed by atoms with Crippen molar-refractivity contribution in [2.24, 2.45) is 0 Å². The van der Waals surface area contributed by atoms with E-state index < -0.39 is 0 Å². The van der Waals surface area contributed by atoms with Gasteiger partial charge in [-0.25, -0.2) is 4.98 Å². The zero-order chi connectivity index (χ0) is 20.0. The molecule has 2 fully saturated rings. The van der Waals surface area contributed by atoms with Crippen molar-refractivity contribution < 1.29 is 4.79 Å². The third kappa shape index (κ3) is 3.47. The van der Waals surface area contributed by atoms with E-state index in [0.717, 1.165) is 42.1 Å². The lowest BCUT2D eigenvalue weighted by atomic mass is 9.94. The monoisotopic (exact) mass is 428 g/mol. The molecule has 0 radical (unpaired) electrons. The molecule has 150 valence electrons. The van der Waals surface area contributed by atoms with E-state index in [0.29, 0.717) is 24.7 Å². The Morgan fingerprint density at radius 1 is 1.17 bits per heavy atom. The van der Waals surface area contributed by atoms with E-state index in [1.165, 1.54) is 11.3 Å². The zero-order valence-corrected chi connectivity index (χ0v) is 17.5. The Labute approximate surface area is 177 Å². The van der Waals surface area contributed by atoms with E-state index in [9.17, 15) is 9.59 Å². The standard InChI is InChI=1S/C21H21ClN4O2S/c22-16-3-1-2-15(12-16)21(4-5-21)19(28)25-8-6-24(7-9-25)14-17-13-18(27)26-10-11-29-20(26)23-17/h1-3,10-13H,4-9,14H2. The maximum atomic E-state index is 13.2. The number of halogens is 1. The molecule has 8 heteroatoms. The van der Waals surface area contributed by atoms with Crippen LogP contribution in [0.4, 0.5) is 0 Å². The molecule has 0 bridgehead atoms. The largest absolute Gasteiger partial charge is 0.339 e. The first-order valence-electron chi connectivity index (χ1n) is 9.79. The number of aromatic nitrogens is 2. The maximum Gasteiger partial charge on any atom is 0.258 e. The number of thiazole rings is 1. The van der Waals surface area contributed by atoms with Crippen LogP contribution in [0.25, 0.3) is 4.96 Å². The van der Waals surface area contributed by atoms with Crippen LogP contribution in [0.3, 0.4) is 0 Å². The van der Waals surface area contributed by atoms with E-state index >= 15 is 0 Å². The summed E-state index contributed by atoms with van der Waals surface area (Å²) in [6.45, 7) is 3.58. The van der Waals surface area contributed by atoms with E-state index in [4.69, 9.17) is 11.6 Å². The minimum Gasteiger partial charge on any atom is -0.339 e. The maximum absolute atomic E-state index is 13.2. The summed E-state index contributed by atoms with van der Waals surface area (Å²) in [5.74, 6) is 0.218. The topological polar surface area (TPSA) is 57.9 Å². The van der Waals surface area contributed by atoms with Crippen molar-refractivity contribution in [2.75, 3.05) is 26.2 Å². The van der Waals surface area contributed by atoms with Crippen molar-refractivity contribution in [3.05, 3.63) is 68.5 Å². The van der Waals surface area contributed by atoms with Crippen LogP contribution < -0.4 is 5.56 Å². The number of hydrogen-bond acceptors (Lipinski definition) is 5. The molecule has 2 aliphatic rings. The fourth-order valence-corrected chi connectivity index (χ4v) is 5.08. The molecule has 3 aromatic rings. The lowest BCUT2D eigenvalue weighted by Crippen LogP contribution is -2.51. The second kappa shape index (κ2) is 7.23. The van der Waals surface area contributed by atoms with Crippen LogP contribution in [0.15, 0.2) is 46.7 Å². The molecule has 1 aromatic carbocycles. The average molecular weight is 429 g/mol. The van der Waals surface area contributed by atoms with E-state index in [2.05, 4.69) is 9.88 Å². The van der Waals surface area contributed by atoms with Gasteiger partial charge in [-0.05, 0) is 30.5 Å². The molecule has 2 aromatic heterocycles. The second-order valence-corrected chi connectivity index (χ2v) is 9.11. The third-order valence-corrected chi connectivity index (χ3v) is 6.93. The number of piperazine rings is 1. The Morgan fingerprint density at radius 2 is 1.97 bits per heavy atom. The highest BCUT2D eigenvalue weighted by Gasteiger charge is 2.53. The average Bonchev–Trinajstić information content (AvgIpc) is 3.39. The van der Waals surface area contributed by atoms with Crippen LogP contribution in [0.1, 0.15) is 24.1 Å². The van der Waals surface area contributed by atoms with Gasteiger partial charge < -0.3 is 4.90 Å². The molecular weight excluding hydrogens is 408 g/mol. The summed E-state index contributed by atoms with van der Waals surface area (Å²) >= 11 is 7.61. The van der Waals surface area contributed by atoms with E-state index in [-0.39, 0.29) is 16.9 Å². The predicted octanol–water partition coefficient (Wildman–Crippen LogP) is 2.79. The number of nitrogens with zero attached hydrogens (tertiary/aromatic N) is 4. The Kier molecular flexibility index (Phi) is 4.69. The highest BCUT2D eigenvalue weighted by molar-refractivity contribution is 7.15. The summed E-state index contributed by atoms with van der Waals surface area (Å²) in [5, 5.41) is 2.54. The zero-order valence-electron chi connectivity index (χ0n) is 15.9. The van der Waals surface area contributed by atoms with Gasteiger partial charge in [-0.1, -0.05) is 23.7 Å². The van der Waals surface area contributed by atoms with Crippen molar-refractivity contribution in [3.63, 3.8) is 0 Å². The van der Waals surface area contributed by atoms with Crippen molar-refractivity contribution in [2.45, 2.75) is 24.8 Å². The lowest BCUT2D eigenvalue weighted by Gasteiger charge is -2.36. The van der Waals surface area contributed by atoms with Gasteiger partial charge in [0, 0.05) is 55.4 Å². The number of carbonyl (C=O) groups excluding carboxylic acids is 1. The molecule has 6 nitrogen and oxygen atoms in total. The molecule has 1 saturated carbocycles. The predicted molar refractivity (Wildman–Crippen MR) is 114 cm³/mol. The molecule has 0 unspecified atom stereocenters. The molecule has 0 spiro atoms. The van der Waals surface area contributed by atoms with Gasteiger partial charge in [0.05, 0.1) is 11.1 Å². The second-order valence-electron chi connectivity index (χ2n) is 7.80. The summed E-state index contributed by atoms with van der Waals surface area (Å²) in [5.41, 5.74) is 1.39. The first-order chi connectivity index (χ1) is 14.0.